The van der Waals surface area contributed by atoms with Crippen LogP contribution in [0.4, 0.5) is 0 Å². The molecule has 3 nitrogen and oxygen atoms in total. The molecule has 0 aliphatic carbocycles. The van der Waals surface area contributed by atoms with Crippen molar-refractivity contribution in [3.63, 3.8) is 0 Å². The Morgan fingerprint density at radius 3 is 2.24 bits per heavy atom. The number of fused-ring (bicyclic) bond motifs is 1. The van der Waals surface area contributed by atoms with E-state index in [-0.39, 0.29) is 17.9 Å². The second-order valence-electron chi connectivity index (χ2n) is 6.85. The summed E-state index contributed by atoms with van der Waals surface area (Å²) in [5, 5.41) is 3.26. The first-order valence-corrected chi connectivity index (χ1v) is 9.32. The van der Waals surface area contributed by atoms with Gasteiger partial charge >= 0.3 is 0 Å². The molecule has 2 atom stereocenters. The minimum absolute atomic E-state index is 0.0472. The molecule has 2 aromatic rings. The topological polar surface area (TPSA) is 32.3 Å². The van der Waals surface area contributed by atoms with Gasteiger partial charge in [0, 0.05) is 0 Å². The van der Waals surface area contributed by atoms with Crippen molar-refractivity contribution in [1.29, 1.82) is 0 Å². The van der Waals surface area contributed by atoms with Crippen LogP contribution in [-0.4, -0.2) is 30.4 Å². The van der Waals surface area contributed by atoms with Crippen LogP contribution in [0.25, 0.3) is 0 Å². The van der Waals surface area contributed by atoms with Crippen molar-refractivity contribution >= 4 is 5.91 Å². The fourth-order valence-corrected chi connectivity index (χ4v) is 3.71. The summed E-state index contributed by atoms with van der Waals surface area (Å²) in [4.78, 5) is 15.2. The summed E-state index contributed by atoms with van der Waals surface area (Å²) in [7, 11) is 0. The van der Waals surface area contributed by atoms with Crippen LogP contribution in [0.5, 0.6) is 0 Å². The summed E-state index contributed by atoms with van der Waals surface area (Å²) in [6.45, 7) is 9.43. The molecule has 1 N–H and O–H groups in total. The van der Waals surface area contributed by atoms with E-state index in [0.717, 1.165) is 31.6 Å². The fourth-order valence-electron chi connectivity index (χ4n) is 3.71. The van der Waals surface area contributed by atoms with E-state index < -0.39 is 0 Å². The minimum Gasteiger partial charge on any atom is -0.345 e. The van der Waals surface area contributed by atoms with Crippen molar-refractivity contribution in [2.24, 2.45) is 0 Å². The van der Waals surface area contributed by atoms with E-state index in [1.165, 1.54) is 16.7 Å². The summed E-state index contributed by atoms with van der Waals surface area (Å²) in [6, 6.07) is 16.8. The number of aryl methyl sites for hydroxylation is 1. The molecule has 0 saturated heterocycles. The van der Waals surface area contributed by atoms with E-state index in [0.29, 0.717) is 0 Å². The predicted octanol–water partition coefficient (Wildman–Crippen LogP) is 4.03. The van der Waals surface area contributed by atoms with E-state index in [9.17, 15) is 4.79 Å². The first-order valence-electron chi connectivity index (χ1n) is 9.32. The van der Waals surface area contributed by atoms with Crippen LogP contribution in [-0.2, 0) is 4.79 Å². The Kier molecular flexibility index (Phi) is 5.54. The lowest BCUT2D eigenvalue weighted by Crippen LogP contribution is -2.40. The van der Waals surface area contributed by atoms with Crippen molar-refractivity contribution in [3.8, 4) is 0 Å². The molecule has 2 aromatic carbocycles. The third-order valence-electron chi connectivity index (χ3n) is 5.32. The molecule has 1 aliphatic rings. The Bertz CT molecular complexity index is 719. The Hall–Kier alpha value is -2.13. The highest BCUT2D eigenvalue weighted by molar-refractivity contribution is 5.87. The quantitative estimate of drug-likeness (QED) is 0.864. The molecule has 0 bridgehead atoms. The van der Waals surface area contributed by atoms with Gasteiger partial charge in [-0.15, -0.1) is 0 Å². The van der Waals surface area contributed by atoms with Gasteiger partial charge < -0.3 is 10.2 Å². The van der Waals surface area contributed by atoms with E-state index in [2.05, 4.69) is 73.5 Å². The Morgan fingerprint density at radius 1 is 0.960 bits per heavy atom. The molecule has 25 heavy (non-hydrogen) atoms. The number of amides is 1. The zero-order chi connectivity index (χ0) is 17.8. The standard InChI is InChI=1S/C22H28N2O/c1-4-24(5-2)15-14-20-18-8-6-7-9-19(18)21(23-22(20)25)17-12-10-16(3)11-13-17/h6-13,20-21H,4-5,14-15H2,1-3H3,(H,23,25). The lowest BCUT2D eigenvalue weighted by Gasteiger charge is -2.33. The van der Waals surface area contributed by atoms with E-state index in [4.69, 9.17) is 0 Å². The Labute approximate surface area is 151 Å². The van der Waals surface area contributed by atoms with Gasteiger partial charge in [0.2, 0.25) is 5.91 Å². The van der Waals surface area contributed by atoms with Crippen LogP contribution in [0.3, 0.4) is 0 Å². The fraction of sp³-hybridized carbons (Fsp3) is 0.409. The Morgan fingerprint density at radius 2 is 1.60 bits per heavy atom. The lowest BCUT2D eigenvalue weighted by molar-refractivity contribution is -0.124. The molecule has 3 heteroatoms. The molecule has 132 valence electrons. The smallest absolute Gasteiger partial charge is 0.228 e. The largest absolute Gasteiger partial charge is 0.345 e. The van der Waals surface area contributed by atoms with Gasteiger partial charge in [0.05, 0.1) is 12.0 Å². The minimum atomic E-state index is -0.0569. The second-order valence-corrected chi connectivity index (χ2v) is 6.85. The summed E-state index contributed by atoms with van der Waals surface area (Å²) >= 11 is 0. The summed E-state index contributed by atoms with van der Waals surface area (Å²) in [5.41, 5.74) is 4.80. The zero-order valence-corrected chi connectivity index (χ0v) is 15.5. The average molecular weight is 336 g/mol. The number of hydrogen-bond acceptors (Lipinski definition) is 2. The number of hydrogen-bond donors (Lipinski definition) is 1. The molecule has 1 heterocycles. The van der Waals surface area contributed by atoms with Crippen molar-refractivity contribution in [2.45, 2.75) is 39.2 Å². The molecule has 0 saturated carbocycles. The highest BCUT2D eigenvalue weighted by Crippen LogP contribution is 2.36. The molecular weight excluding hydrogens is 308 g/mol. The maximum absolute atomic E-state index is 12.9. The number of nitrogens with zero attached hydrogens (tertiary/aromatic N) is 1. The van der Waals surface area contributed by atoms with E-state index in [1.54, 1.807) is 0 Å². The van der Waals surface area contributed by atoms with E-state index in [1.807, 2.05) is 6.07 Å². The van der Waals surface area contributed by atoms with Crippen molar-refractivity contribution in [1.82, 2.24) is 10.2 Å². The molecule has 0 radical (unpaired) electrons. The number of nitrogens with one attached hydrogen (secondary N) is 1. The van der Waals surface area contributed by atoms with Crippen LogP contribution in [0.1, 0.15) is 54.5 Å². The monoisotopic (exact) mass is 336 g/mol. The SMILES string of the molecule is CCN(CC)CCC1C(=O)NC(c2ccc(C)cc2)c2ccccc21. The molecule has 3 rings (SSSR count). The predicted molar refractivity (Wildman–Crippen MR) is 103 cm³/mol. The summed E-state index contributed by atoms with van der Waals surface area (Å²) in [5.74, 6) is 0.0925. The van der Waals surface area contributed by atoms with Gasteiger partial charge in [0.1, 0.15) is 0 Å². The van der Waals surface area contributed by atoms with Gasteiger partial charge in [-0.3, -0.25) is 4.79 Å². The first kappa shape index (κ1) is 17.7. The maximum atomic E-state index is 12.9. The molecule has 1 amide bonds. The number of rotatable bonds is 6. The van der Waals surface area contributed by atoms with E-state index >= 15 is 0 Å². The van der Waals surface area contributed by atoms with Gasteiger partial charge in [-0.2, -0.15) is 0 Å². The average Bonchev–Trinajstić information content (AvgIpc) is 2.64. The summed E-state index contributed by atoms with van der Waals surface area (Å²) < 4.78 is 0. The third-order valence-corrected chi connectivity index (χ3v) is 5.32. The highest BCUT2D eigenvalue weighted by Gasteiger charge is 2.33. The maximum Gasteiger partial charge on any atom is 0.228 e. The molecule has 0 fully saturated rings. The molecule has 0 spiro atoms. The van der Waals surface area contributed by atoms with Crippen LogP contribution in [0, 0.1) is 6.92 Å². The number of benzene rings is 2. The number of carbonyl (C=O) groups is 1. The van der Waals surface area contributed by atoms with Crippen LogP contribution >= 0.6 is 0 Å². The second kappa shape index (κ2) is 7.83. The lowest BCUT2D eigenvalue weighted by atomic mass is 9.82. The normalized spacial score (nSPS) is 19.6. The van der Waals surface area contributed by atoms with Gasteiger partial charge in [0.15, 0.2) is 0 Å². The molecule has 1 aliphatic heterocycles. The molecule has 0 aromatic heterocycles. The molecule has 2 unspecified atom stereocenters. The third kappa shape index (κ3) is 3.77. The van der Waals surface area contributed by atoms with Gasteiger partial charge in [-0.1, -0.05) is 67.9 Å². The molecular formula is C22H28N2O. The van der Waals surface area contributed by atoms with Crippen LogP contribution in [0.2, 0.25) is 0 Å². The van der Waals surface area contributed by atoms with Crippen molar-refractivity contribution in [3.05, 3.63) is 70.8 Å². The van der Waals surface area contributed by atoms with Gasteiger partial charge in [-0.05, 0) is 49.7 Å². The number of carbonyl (C=O) groups excluding carboxylic acids is 1. The van der Waals surface area contributed by atoms with Crippen LogP contribution < -0.4 is 5.32 Å². The first-order chi connectivity index (χ1) is 12.1. The van der Waals surface area contributed by atoms with Gasteiger partial charge in [0.25, 0.3) is 0 Å². The van der Waals surface area contributed by atoms with Crippen molar-refractivity contribution < 1.29 is 4.79 Å². The zero-order valence-electron chi connectivity index (χ0n) is 15.5. The highest BCUT2D eigenvalue weighted by atomic mass is 16.2. The summed E-state index contributed by atoms with van der Waals surface area (Å²) in [6.07, 6.45) is 0.866. The van der Waals surface area contributed by atoms with Crippen LogP contribution in [0.15, 0.2) is 48.5 Å². The van der Waals surface area contributed by atoms with Crippen molar-refractivity contribution in [2.75, 3.05) is 19.6 Å². The Balaban J connectivity index is 1.89. The van der Waals surface area contributed by atoms with Gasteiger partial charge in [-0.25, -0.2) is 0 Å².